The van der Waals surface area contributed by atoms with E-state index in [1.165, 1.54) is 23.9 Å². The summed E-state index contributed by atoms with van der Waals surface area (Å²) in [7, 11) is 0. The number of carbonyl (C=O) groups excluding carboxylic acids is 2. The number of Topliss-reactive ketones (excluding diaryl/α,β-unsaturated/α-hetero) is 1. The molecule has 1 aromatic carbocycles. The Balaban J connectivity index is 2.31. The van der Waals surface area contributed by atoms with Gasteiger partial charge in [0, 0.05) is 18.7 Å². The Morgan fingerprint density at radius 1 is 1.12 bits per heavy atom. The molecule has 2 rings (SSSR count). The number of benzene rings is 1. The minimum absolute atomic E-state index is 0.153. The van der Waals surface area contributed by atoms with E-state index in [0.29, 0.717) is 11.3 Å². The van der Waals surface area contributed by atoms with Crippen molar-refractivity contribution in [2.45, 2.75) is 6.92 Å². The van der Waals surface area contributed by atoms with Crippen molar-refractivity contribution in [2.24, 2.45) is 0 Å². The van der Waals surface area contributed by atoms with Gasteiger partial charge in [0.1, 0.15) is 5.69 Å². The summed E-state index contributed by atoms with van der Waals surface area (Å²) in [4.78, 5) is 22.9. The van der Waals surface area contributed by atoms with Crippen LogP contribution in [0.15, 0.2) is 42.6 Å². The van der Waals surface area contributed by atoms with Gasteiger partial charge in [-0.25, -0.2) is 4.68 Å². The summed E-state index contributed by atoms with van der Waals surface area (Å²) in [6.07, 6.45) is 1.49. The lowest BCUT2D eigenvalue weighted by atomic mass is 10.2. The molecule has 0 N–H and O–H groups in total. The first-order valence-corrected chi connectivity index (χ1v) is 4.85. The van der Waals surface area contributed by atoms with Crippen LogP contribution in [-0.4, -0.2) is 21.5 Å². The van der Waals surface area contributed by atoms with Crippen molar-refractivity contribution >= 4 is 11.7 Å². The highest BCUT2D eigenvalue weighted by molar-refractivity contribution is 5.97. The SMILES string of the molecule is CC(=O)c1ccn(C(=O)c2ccccc2)n1. The monoisotopic (exact) mass is 214 g/mol. The molecule has 2 aromatic rings. The molecule has 0 bridgehead atoms. The van der Waals surface area contributed by atoms with Crippen molar-refractivity contribution in [3.63, 3.8) is 0 Å². The van der Waals surface area contributed by atoms with Gasteiger partial charge in [-0.3, -0.25) is 9.59 Å². The largest absolute Gasteiger partial charge is 0.293 e. The van der Waals surface area contributed by atoms with Crippen LogP contribution < -0.4 is 0 Å². The van der Waals surface area contributed by atoms with E-state index in [1.807, 2.05) is 6.07 Å². The highest BCUT2D eigenvalue weighted by atomic mass is 16.2. The van der Waals surface area contributed by atoms with E-state index in [0.717, 1.165) is 0 Å². The Morgan fingerprint density at radius 3 is 2.38 bits per heavy atom. The smallest absolute Gasteiger partial charge is 0.278 e. The average molecular weight is 214 g/mol. The van der Waals surface area contributed by atoms with E-state index in [-0.39, 0.29) is 11.7 Å². The molecule has 0 saturated carbocycles. The lowest BCUT2D eigenvalue weighted by Gasteiger charge is -1.99. The average Bonchev–Trinajstić information content (AvgIpc) is 2.78. The lowest BCUT2D eigenvalue weighted by molar-refractivity contribution is 0.0944. The van der Waals surface area contributed by atoms with Gasteiger partial charge in [0.05, 0.1) is 0 Å². The molecule has 80 valence electrons. The second-order valence-corrected chi connectivity index (χ2v) is 3.37. The summed E-state index contributed by atoms with van der Waals surface area (Å²) >= 11 is 0. The van der Waals surface area contributed by atoms with Gasteiger partial charge < -0.3 is 0 Å². The van der Waals surface area contributed by atoms with Crippen LogP contribution in [0.4, 0.5) is 0 Å². The first kappa shape index (κ1) is 10.3. The summed E-state index contributed by atoms with van der Waals surface area (Å²) in [6, 6.07) is 10.3. The Bertz CT molecular complexity index is 529. The quantitative estimate of drug-likeness (QED) is 0.716. The molecule has 0 radical (unpaired) electrons. The Hall–Kier alpha value is -2.23. The van der Waals surface area contributed by atoms with E-state index in [9.17, 15) is 9.59 Å². The molecule has 16 heavy (non-hydrogen) atoms. The van der Waals surface area contributed by atoms with E-state index in [2.05, 4.69) is 5.10 Å². The predicted octanol–water partition coefficient (Wildman–Crippen LogP) is 1.77. The molecule has 4 nitrogen and oxygen atoms in total. The fraction of sp³-hybridized carbons (Fsp3) is 0.0833. The number of hydrogen-bond donors (Lipinski definition) is 0. The van der Waals surface area contributed by atoms with Gasteiger partial charge in [-0.05, 0) is 18.2 Å². The number of hydrogen-bond acceptors (Lipinski definition) is 3. The van der Waals surface area contributed by atoms with E-state index >= 15 is 0 Å². The maximum absolute atomic E-state index is 11.9. The van der Waals surface area contributed by atoms with Gasteiger partial charge in [-0.1, -0.05) is 18.2 Å². The molecule has 0 aliphatic rings. The van der Waals surface area contributed by atoms with Crippen molar-refractivity contribution in [3.8, 4) is 0 Å². The van der Waals surface area contributed by atoms with Gasteiger partial charge in [0.15, 0.2) is 5.78 Å². The number of nitrogens with zero attached hydrogens (tertiary/aromatic N) is 2. The zero-order chi connectivity index (χ0) is 11.5. The second-order valence-electron chi connectivity index (χ2n) is 3.37. The molecular formula is C12H10N2O2. The van der Waals surface area contributed by atoms with Crippen LogP contribution in [0, 0.1) is 0 Å². The molecule has 0 spiro atoms. The molecule has 0 aliphatic carbocycles. The lowest BCUT2D eigenvalue weighted by Crippen LogP contribution is -2.13. The highest BCUT2D eigenvalue weighted by Gasteiger charge is 2.10. The molecule has 0 unspecified atom stereocenters. The molecular weight excluding hydrogens is 204 g/mol. The fourth-order valence-corrected chi connectivity index (χ4v) is 1.34. The third-order valence-corrected chi connectivity index (χ3v) is 2.18. The highest BCUT2D eigenvalue weighted by Crippen LogP contribution is 2.03. The number of rotatable bonds is 2. The number of aromatic nitrogens is 2. The topological polar surface area (TPSA) is 52.0 Å². The van der Waals surface area contributed by atoms with Crippen LogP contribution in [0.2, 0.25) is 0 Å². The van der Waals surface area contributed by atoms with Gasteiger partial charge in [-0.15, -0.1) is 0 Å². The fourth-order valence-electron chi connectivity index (χ4n) is 1.34. The van der Waals surface area contributed by atoms with Crippen molar-refractivity contribution in [1.29, 1.82) is 0 Å². The van der Waals surface area contributed by atoms with Crippen LogP contribution in [0.25, 0.3) is 0 Å². The standard InChI is InChI=1S/C12H10N2O2/c1-9(15)11-7-8-14(13-11)12(16)10-5-3-2-4-6-10/h2-8H,1H3. The molecule has 0 aliphatic heterocycles. The molecule has 1 heterocycles. The summed E-state index contributed by atoms with van der Waals surface area (Å²) in [5.74, 6) is -0.396. The predicted molar refractivity (Wildman–Crippen MR) is 58.4 cm³/mol. The first-order valence-electron chi connectivity index (χ1n) is 4.85. The summed E-state index contributed by atoms with van der Waals surface area (Å²) in [5, 5.41) is 3.90. The van der Waals surface area contributed by atoms with Crippen molar-refractivity contribution in [2.75, 3.05) is 0 Å². The van der Waals surface area contributed by atoms with Crippen molar-refractivity contribution in [1.82, 2.24) is 9.78 Å². The second kappa shape index (κ2) is 4.10. The summed E-state index contributed by atoms with van der Waals surface area (Å²) in [5.41, 5.74) is 0.838. The molecule has 4 heteroatoms. The van der Waals surface area contributed by atoms with Crippen LogP contribution in [0.5, 0.6) is 0 Å². The van der Waals surface area contributed by atoms with Crippen LogP contribution in [0.3, 0.4) is 0 Å². The van der Waals surface area contributed by atoms with E-state index in [1.54, 1.807) is 24.3 Å². The third kappa shape index (κ3) is 1.91. The minimum Gasteiger partial charge on any atom is -0.293 e. The molecule has 1 aromatic heterocycles. The third-order valence-electron chi connectivity index (χ3n) is 2.18. The number of ketones is 1. The Morgan fingerprint density at radius 2 is 1.81 bits per heavy atom. The van der Waals surface area contributed by atoms with Crippen LogP contribution >= 0.6 is 0 Å². The van der Waals surface area contributed by atoms with Gasteiger partial charge in [-0.2, -0.15) is 5.10 Å². The van der Waals surface area contributed by atoms with Crippen molar-refractivity contribution in [3.05, 3.63) is 53.9 Å². The minimum atomic E-state index is -0.242. The van der Waals surface area contributed by atoms with Gasteiger partial charge in [0.25, 0.3) is 5.91 Å². The van der Waals surface area contributed by atoms with Crippen LogP contribution in [-0.2, 0) is 0 Å². The maximum Gasteiger partial charge on any atom is 0.278 e. The van der Waals surface area contributed by atoms with E-state index in [4.69, 9.17) is 0 Å². The van der Waals surface area contributed by atoms with Crippen molar-refractivity contribution < 1.29 is 9.59 Å². The maximum atomic E-state index is 11.9. The summed E-state index contributed by atoms with van der Waals surface area (Å²) < 4.78 is 1.17. The zero-order valence-electron chi connectivity index (χ0n) is 8.75. The number of carbonyl (C=O) groups is 2. The Labute approximate surface area is 92.5 Å². The first-order chi connectivity index (χ1) is 7.68. The summed E-state index contributed by atoms with van der Waals surface area (Å²) in [6.45, 7) is 1.42. The molecule has 0 atom stereocenters. The Kier molecular flexibility index (Phi) is 2.64. The normalized spacial score (nSPS) is 10.1. The molecule has 0 amide bonds. The zero-order valence-corrected chi connectivity index (χ0v) is 8.75. The molecule has 0 fully saturated rings. The van der Waals surface area contributed by atoms with Gasteiger partial charge >= 0.3 is 0 Å². The van der Waals surface area contributed by atoms with Crippen LogP contribution in [0.1, 0.15) is 27.8 Å². The van der Waals surface area contributed by atoms with Gasteiger partial charge in [0.2, 0.25) is 0 Å². The molecule has 0 saturated heterocycles. The van der Waals surface area contributed by atoms with E-state index < -0.39 is 0 Å².